The zero-order valence-electron chi connectivity index (χ0n) is 22.4. The van der Waals surface area contributed by atoms with Crippen LogP contribution in [0.4, 0.5) is 18.3 Å². The Bertz CT molecular complexity index is 1560. The third-order valence-electron chi connectivity index (χ3n) is 6.75. The number of pyridine rings is 1. The molecule has 8 nitrogen and oxygen atoms in total. The lowest BCUT2D eigenvalue weighted by Crippen LogP contribution is -2.39. The third kappa shape index (κ3) is 6.71. The van der Waals surface area contributed by atoms with Crippen LogP contribution in [-0.4, -0.2) is 46.7 Å². The van der Waals surface area contributed by atoms with Crippen molar-refractivity contribution in [3.63, 3.8) is 0 Å². The number of ether oxygens (including phenoxy) is 2. The molecular weight excluding hydrogens is 571 g/mol. The first-order valence-electron chi connectivity index (χ1n) is 13.1. The lowest BCUT2D eigenvalue weighted by Gasteiger charge is -2.24. The highest BCUT2D eigenvalue weighted by Gasteiger charge is 2.40. The number of aliphatic carboxylic acids is 1. The molecular formula is C30H26F3N3O5S. The number of hydrogen-bond donors (Lipinski definition) is 1. The average molecular weight is 598 g/mol. The van der Waals surface area contributed by atoms with Crippen LogP contribution in [0.1, 0.15) is 24.8 Å². The summed E-state index contributed by atoms with van der Waals surface area (Å²) in [6.07, 6.45) is 2.61. The second-order valence-electron chi connectivity index (χ2n) is 9.72. The number of carbonyl (C=O) groups excluding carboxylic acids is 1. The number of carboxylic acid groups (broad SMARTS) is 1. The summed E-state index contributed by atoms with van der Waals surface area (Å²) in [7, 11) is 1.46. The number of amides is 1. The van der Waals surface area contributed by atoms with Gasteiger partial charge in [-0.05, 0) is 54.7 Å². The molecule has 2 aromatic carbocycles. The quantitative estimate of drug-likeness (QED) is 0.200. The van der Waals surface area contributed by atoms with E-state index < -0.39 is 36.0 Å². The minimum Gasteiger partial charge on any atom is -0.481 e. The lowest BCUT2D eigenvalue weighted by atomic mass is 9.94. The molecule has 1 fully saturated rings. The number of carboxylic acids is 1. The molecule has 0 bridgehead atoms. The van der Waals surface area contributed by atoms with Gasteiger partial charge in [-0.2, -0.15) is 13.2 Å². The van der Waals surface area contributed by atoms with E-state index in [1.54, 1.807) is 24.3 Å². The highest BCUT2D eigenvalue weighted by Crippen LogP contribution is 2.42. The van der Waals surface area contributed by atoms with Gasteiger partial charge in [0.15, 0.2) is 5.13 Å². The van der Waals surface area contributed by atoms with Crippen LogP contribution in [-0.2, 0) is 16.0 Å². The van der Waals surface area contributed by atoms with Crippen LogP contribution in [0, 0.1) is 11.0 Å². The molecule has 0 saturated heterocycles. The first-order valence-corrected chi connectivity index (χ1v) is 13.9. The van der Waals surface area contributed by atoms with E-state index in [0.29, 0.717) is 41.2 Å². The molecule has 2 aromatic heterocycles. The topological polar surface area (TPSA) is 102 Å². The summed E-state index contributed by atoms with van der Waals surface area (Å²) in [5.41, 5.74) is 1.79. The van der Waals surface area contributed by atoms with Crippen LogP contribution < -0.4 is 14.4 Å². The van der Waals surface area contributed by atoms with Crippen LogP contribution in [0.15, 0.2) is 66.9 Å². The highest BCUT2D eigenvalue weighted by atomic mass is 32.1. The van der Waals surface area contributed by atoms with Gasteiger partial charge in [-0.15, -0.1) is 0 Å². The summed E-state index contributed by atoms with van der Waals surface area (Å²) in [6, 6.07) is 16.2. The Hall–Kier alpha value is -4.45. The SMILES string of the molecule is COc1ccc(-c2ccc(OC(F)F)cc2-c2nc(N(C(=O)[C@@H](CC(=O)O)Cc3ccccc3)C3CC3)sc2F)cn1. The smallest absolute Gasteiger partial charge is 0.387 e. The Balaban J connectivity index is 1.54. The summed E-state index contributed by atoms with van der Waals surface area (Å²) in [6.45, 7) is -3.10. The van der Waals surface area contributed by atoms with E-state index in [2.05, 4.69) is 14.7 Å². The molecule has 0 aliphatic heterocycles. The summed E-state index contributed by atoms with van der Waals surface area (Å²) in [5.74, 6) is -2.33. The summed E-state index contributed by atoms with van der Waals surface area (Å²) in [5, 5.41) is 8.88. The fourth-order valence-electron chi connectivity index (χ4n) is 4.68. The van der Waals surface area contributed by atoms with E-state index in [1.165, 1.54) is 36.4 Å². The number of rotatable bonds is 12. The van der Waals surface area contributed by atoms with E-state index in [0.717, 1.165) is 5.56 Å². The number of carbonyl (C=O) groups is 2. The number of aromatic nitrogens is 2. The van der Waals surface area contributed by atoms with E-state index in [-0.39, 0.29) is 34.6 Å². The van der Waals surface area contributed by atoms with Crippen LogP contribution >= 0.6 is 11.3 Å². The van der Waals surface area contributed by atoms with Gasteiger partial charge in [-0.1, -0.05) is 41.7 Å². The maximum atomic E-state index is 15.7. The molecule has 1 aliphatic carbocycles. The number of hydrogen-bond acceptors (Lipinski definition) is 7. The fourth-order valence-corrected chi connectivity index (χ4v) is 5.57. The predicted octanol–water partition coefficient (Wildman–Crippen LogP) is 6.45. The number of nitrogens with zero attached hydrogens (tertiary/aromatic N) is 3. The van der Waals surface area contributed by atoms with E-state index >= 15 is 4.39 Å². The average Bonchev–Trinajstić information content (AvgIpc) is 3.73. The van der Waals surface area contributed by atoms with E-state index in [1.807, 2.05) is 18.2 Å². The van der Waals surface area contributed by atoms with E-state index in [9.17, 15) is 23.5 Å². The summed E-state index contributed by atoms with van der Waals surface area (Å²) in [4.78, 5) is 35.6. The van der Waals surface area contributed by atoms with Gasteiger partial charge < -0.3 is 14.6 Å². The van der Waals surface area contributed by atoms with Crippen molar-refractivity contribution in [2.75, 3.05) is 12.0 Å². The zero-order valence-corrected chi connectivity index (χ0v) is 23.2. The Morgan fingerprint density at radius 2 is 1.86 bits per heavy atom. The van der Waals surface area contributed by atoms with Crippen molar-refractivity contribution in [3.05, 3.63) is 77.6 Å². The number of alkyl halides is 2. The van der Waals surface area contributed by atoms with Crippen LogP contribution in [0.3, 0.4) is 0 Å². The van der Waals surface area contributed by atoms with Gasteiger partial charge in [0.25, 0.3) is 0 Å². The van der Waals surface area contributed by atoms with Crippen molar-refractivity contribution < 1.29 is 37.3 Å². The maximum Gasteiger partial charge on any atom is 0.387 e. The summed E-state index contributed by atoms with van der Waals surface area (Å²) < 4.78 is 51.4. The molecule has 0 radical (unpaired) electrons. The summed E-state index contributed by atoms with van der Waals surface area (Å²) >= 11 is 0.642. The second-order valence-corrected chi connectivity index (χ2v) is 10.6. The third-order valence-corrected chi connectivity index (χ3v) is 7.60. The maximum absolute atomic E-state index is 15.7. The molecule has 42 heavy (non-hydrogen) atoms. The predicted molar refractivity (Wildman–Crippen MR) is 150 cm³/mol. The first kappa shape index (κ1) is 29.1. The Morgan fingerprint density at radius 3 is 2.48 bits per heavy atom. The van der Waals surface area contributed by atoms with Crippen molar-refractivity contribution in [2.45, 2.75) is 38.3 Å². The number of anilines is 1. The molecule has 1 atom stereocenters. The molecule has 1 amide bonds. The molecule has 0 spiro atoms. The zero-order chi connectivity index (χ0) is 29.8. The molecule has 12 heteroatoms. The van der Waals surface area contributed by atoms with Crippen molar-refractivity contribution >= 4 is 28.3 Å². The standard InChI is InChI=1S/C30H26F3N3O5S/c1-40-24-12-7-18(16-34-24)22-11-10-21(41-29(32)33)15-23(22)26-27(31)42-30(35-26)36(20-8-9-20)28(39)19(14-25(37)38)13-17-5-3-2-4-6-17/h2-7,10-12,15-16,19-20,29H,8-9,13-14H2,1H3,(H,37,38)/t19-/m1/s1. The van der Waals surface area contributed by atoms with Crippen LogP contribution in [0.2, 0.25) is 0 Å². The fraction of sp³-hybridized carbons (Fsp3) is 0.267. The van der Waals surface area contributed by atoms with Gasteiger partial charge >= 0.3 is 12.6 Å². The van der Waals surface area contributed by atoms with Crippen molar-refractivity contribution in [2.24, 2.45) is 5.92 Å². The van der Waals surface area contributed by atoms with Gasteiger partial charge in [0, 0.05) is 29.4 Å². The Labute approximate surface area is 243 Å². The molecule has 5 rings (SSSR count). The minimum absolute atomic E-state index is 0.0671. The molecule has 1 saturated carbocycles. The van der Waals surface area contributed by atoms with Gasteiger partial charge in [-0.3, -0.25) is 14.5 Å². The molecule has 4 aromatic rings. The molecule has 0 unspecified atom stereocenters. The van der Waals surface area contributed by atoms with Gasteiger partial charge in [-0.25, -0.2) is 9.97 Å². The lowest BCUT2D eigenvalue weighted by molar-refractivity contribution is -0.140. The minimum atomic E-state index is -3.10. The number of methoxy groups -OCH3 is 1. The molecule has 1 aliphatic rings. The molecule has 1 N–H and O–H groups in total. The van der Waals surface area contributed by atoms with E-state index in [4.69, 9.17) is 4.74 Å². The van der Waals surface area contributed by atoms with Crippen molar-refractivity contribution in [1.29, 1.82) is 0 Å². The van der Waals surface area contributed by atoms with Crippen molar-refractivity contribution in [3.8, 4) is 34.0 Å². The Morgan fingerprint density at radius 1 is 1.10 bits per heavy atom. The largest absolute Gasteiger partial charge is 0.481 e. The number of benzene rings is 2. The van der Waals surface area contributed by atoms with Crippen LogP contribution in [0.5, 0.6) is 11.6 Å². The Kier molecular flexibility index (Phi) is 8.72. The van der Waals surface area contributed by atoms with Crippen LogP contribution in [0.25, 0.3) is 22.4 Å². The highest BCUT2D eigenvalue weighted by molar-refractivity contribution is 7.14. The monoisotopic (exact) mass is 597 g/mol. The first-order chi connectivity index (χ1) is 20.2. The van der Waals surface area contributed by atoms with Gasteiger partial charge in [0.2, 0.25) is 16.9 Å². The van der Waals surface area contributed by atoms with Gasteiger partial charge in [0.1, 0.15) is 11.4 Å². The van der Waals surface area contributed by atoms with Gasteiger partial charge in [0.05, 0.1) is 19.4 Å². The molecule has 2 heterocycles. The normalized spacial score (nSPS) is 13.5. The number of halogens is 3. The number of thiazole rings is 1. The van der Waals surface area contributed by atoms with Crippen molar-refractivity contribution in [1.82, 2.24) is 9.97 Å². The second kappa shape index (κ2) is 12.6. The molecule has 218 valence electrons.